The summed E-state index contributed by atoms with van der Waals surface area (Å²) in [4.78, 5) is 0. The second kappa shape index (κ2) is 10.2. The van der Waals surface area contributed by atoms with Crippen LogP contribution in [-0.4, -0.2) is 26.1 Å². The van der Waals surface area contributed by atoms with Crippen LogP contribution in [-0.2, 0) is 4.43 Å². The molecule has 0 bridgehead atoms. The van der Waals surface area contributed by atoms with E-state index in [4.69, 9.17) is 4.43 Å². The van der Waals surface area contributed by atoms with Gasteiger partial charge in [0.15, 0.2) is 0 Å². The average molecular weight is 385 g/mol. The van der Waals surface area contributed by atoms with Crippen LogP contribution < -0.4 is 10.4 Å². The van der Waals surface area contributed by atoms with Gasteiger partial charge in [0.25, 0.3) is 8.32 Å². The minimum Gasteiger partial charge on any atom is -0.407 e. The number of benzene rings is 2. The second-order valence-electron chi connectivity index (χ2n) is 8.45. The number of rotatable bonds is 10. The minimum atomic E-state index is -2.47. The predicted octanol–water partition coefficient (Wildman–Crippen LogP) is 4.89. The van der Waals surface area contributed by atoms with Gasteiger partial charge in [0.1, 0.15) is 0 Å². The van der Waals surface area contributed by atoms with Gasteiger partial charge < -0.3 is 9.53 Å². The molecule has 2 aromatic carbocycles. The maximum absolute atomic E-state index is 10.4. The van der Waals surface area contributed by atoms with Crippen LogP contribution in [0.3, 0.4) is 0 Å². The molecule has 2 nitrogen and oxygen atoms in total. The van der Waals surface area contributed by atoms with Crippen LogP contribution >= 0.6 is 0 Å². The first kappa shape index (κ1) is 21.9. The van der Waals surface area contributed by atoms with E-state index < -0.39 is 8.32 Å². The lowest BCUT2D eigenvalue weighted by atomic mass is 10.1. The molecule has 27 heavy (non-hydrogen) atoms. The van der Waals surface area contributed by atoms with Gasteiger partial charge in [-0.3, -0.25) is 0 Å². The molecular weight excluding hydrogens is 348 g/mol. The molecule has 2 aromatic rings. The maximum atomic E-state index is 10.4. The Labute approximate surface area is 166 Å². The van der Waals surface area contributed by atoms with Crippen molar-refractivity contribution in [2.24, 2.45) is 0 Å². The van der Waals surface area contributed by atoms with E-state index in [1.807, 2.05) is 0 Å². The Balaban J connectivity index is 2.27. The van der Waals surface area contributed by atoms with Crippen LogP contribution in [0.2, 0.25) is 5.04 Å². The Morgan fingerprint density at radius 2 is 1.37 bits per heavy atom. The third-order valence-electron chi connectivity index (χ3n) is 5.33. The fourth-order valence-electron chi connectivity index (χ4n) is 3.88. The van der Waals surface area contributed by atoms with Crippen LogP contribution in [0.15, 0.2) is 60.7 Å². The van der Waals surface area contributed by atoms with Crippen LogP contribution in [0.1, 0.15) is 59.8 Å². The van der Waals surface area contributed by atoms with Crippen LogP contribution in [0.5, 0.6) is 0 Å². The van der Waals surface area contributed by atoms with Crippen molar-refractivity contribution in [3.05, 3.63) is 60.7 Å². The molecule has 3 heteroatoms. The molecule has 0 aromatic heterocycles. The zero-order chi connectivity index (χ0) is 19.8. The zero-order valence-corrected chi connectivity index (χ0v) is 18.4. The standard InChI is InChI=1S/C24H36O2Si/c1-5-6-9-14-21(25)19-20-26-27(24(2,3)4,22-15-10-7-11-16-22)23-17-12-8-13-18-23/h7-8,10-13,15-18,21,25H,5-6,9,14,19-20H2,1-4H3/t21-/m1/s1. The maximum Gasteiger partial charge on any atom is 0.261 e. The van der Waals surface area contributed by atoms with E-state index in [0.717, 1.165) is 12.8 Å². The van der Waals surface area contributed by atoms with E-state index >= 15 is 0 Å². The molecular formula is C24H36O2Si. The molecule has 0 heterocycles. The minimum absolute atomic E-state index is 0.0110. The Morgan fingerprint density at radius 3 is 1.81 bits per heavy atom. The largest absolute Gasteiger partial charge is 0.407 e. The summed E-state index contributed by atoms with van der Waals surface area (Å²) >= 11 is 0. The van der Waals surface area contributed by atoms with Crippen molar-refractivity contribution in [2.75, 3.05) is 6.61 Å². The summed E-state index contributed by atoms with van der Waals surface area (Å²) in [6.07, 6.45) is 4.77. The SMILES string of the molecule is CCCCC[C@@H](O)CCO[Si](c1ccccc1)(c1ccccc1)C(C)(C)C. The number of aliphatic hydroxyl groups excluding tert-OH is 1. The number of unbranched alkanes of at least 4 members (excludes halogenated alkanes) is 2. The van der Waals surface area contributed by atoms with Gasteiger partial charge in [-0.05, 0) is 28.3 Å². The molecule has 0 aliphatic carbocycles. The molecule has 148 valence electrons. The van der Waals surface area contributed by atoms with Gasteiger partial charge in [-0.15, -0.1) is 0 Å². The van der Waals surface area contributed by atoms with Crippen molar-refractivity contribution >= 4 is 18.7 Å². The third kappa shape index (κ3) is 5.53. The van der Waals surface area contributed by atoms with E-state index in [2.05, 4.69) is 88.4 Å². The summed E-state index contributed by atoms with van der Waals surface area (Å²) in [5, 5.41) is 12.9. The van der Waals surface area contributed by atoms with Gasteiger partial charge in [-0.1, -0.05) is 108 Å². The first-order valence-corrected chi connectivity index (χ1v) is 12.3. The molecule has 0 aliphatic heterocycles. The van der Waals surface area contributed by atoms with E-state index in [0.29, 0.717) is 13.0 Å². The molecule has 0 saturated heterocycles. The predicted molar refractivity (Wildman–Crippen MR) is 118 cm³/mol. The van der Waals surface area contributed by atoms with Gasteiger partial charge in [0, 0.05) is 6.61 Å². The van der Waals surface area contributed by atoms with E-state index in [9.17, 15) is 5.11 Å². The average Bonchev–Trinajstić information content (AvgIpc) is 2.66. The fourth-order valence-corrected chi connectivity index (χ4v) is 8.46. The number of aliphatic hydroxyl groups is 1. The van der Waals surface area contributed by atoms with Gasteiger partial charge in [-0.2, -0.15) is 0 Å². The first-order valence-electron chi connectivity index (χ1n) is 10.3. The lowest BCUT2D eigenvalue weighted by molar-refractivity contribution is 0.125. The smallest absolute Gasteiger partial charge is 0.261 e. The molecule has 0 saturated carbocycles. The molecule has 1 N–H and O–H groups in total. The summed E-state index contributed by atoms with van der Waals surface area (Å²) in [7, 11) is -2.47. The van der Waals surface area contributed by atoms with Gasteiger partial charge in [0.05, 0.1) is 6.10 Å². The normalized spacial score (nSPS) is 13.5. The Morgan fingerprint density at radius 1 is 0.852 bits per heavy atom. The van der Waals surface area contributed by atoms with Crippen molar-refractivity contribution in [1.82, 2.24) is 0 Å². The highest BCUT2D eigenvalue weighted by Gasteiger charge is 2.49. The zero-order valence-electron chi connectivity index (χ0n) is 17.4. The van der Waals surface area contributed by atoms with Crippen LogP contribution in [0.25, 0.3) is 0 Å². The lowest BCUT2D eigenvalue weighted by Gasteiger charge is -2.43. The molecule has 0 amide bonds. The number of hydrogen-bond acceptors (Lipinski definition) is 2. The summed E-state index contributed by atoms with van der Waals surface area (Å²) in [6.45, 7) is 9.66. The quantitative estimate of drug-likeness (QED) is 0.466. The molecule has 0 radical (unpaired) electrons. The Hall–Kier alpha value is -1.42. The molecule has 0 aliphatic rings. The fraction of sp³-hybridized carbons (Fsp3) is 0.500. The highest BCUT2D eigenvalue weighted by atomic mass is 28.4. The van der Waals surface area contributed by atoms with E-state index in [-0.39, 0.29) is 11.1 Å². The summed E-state index contributed by atoms with van der Waals surface area (Å²) in [6, 6.07) is 21.4. The van der Waals surface area contributed by atoms with E-state index in [1.165, 1.54) is 23.2 Å². The van der Waals surface area contributed by atoms with E-state index in [1.54, 1.807) is 0 Å². The van der Waals surface area contributed by atoms with Crippen molar-refractivity contribution in [2.45, 2.75) is 70.9 Å². The van der Waals surface area contributed by atoms with Crippen molar-refractivity contribution in [3.63, 3.8) is 0 Å². The summed E-state index contributed by atoms with van der Waals surface area (Å²) in [5.41, 5.74) is 0. The molecule has 0 spiro atoms. The second-order valence-corrected chi connectivity index (χ2v) is 12.8. The highest BCUT2D eigenvalue weighted by Crippen LogP contribution is 2.36. The van der Waals surface area contributed by atoms with Crippen LogP contribution in [0, 0.1) is 0 Å². The molecule has 0 unspecified atom stereocenters. The topological polar surface area (TPSA) is 29.5 Å². The van der Waals surface area contributed by atoms with Gasteiger partial charge >= 0.3 is 0 Å². The van der Waals surface area contributed by atoms with Crippen molar-refractivity contribution in [3.8, 4) is 0 Å². The molecule has 0 fully saturated rings. The van der Waals surface area contributed by atoms with Crippen molar-refractivity contribution in [1.29, 1.82) is 0 Å². The third-order valence-corrected chi connectivity index (χ3v) is 10.4. The number of hydrogen-bond donors (Lipinski definition) is 1. The van der Waals surface area contributed by atoms with Gasteiger partial charge in [0.2, 0.25) is 0 Å². The molecule has 2 rings (SSSR count). The highest BCUT2D eigenvalue weighted by molar-refractivity contribution is 6.99. The van der Waals surface area contributed by atoms with Crippen molar-refractivity contribution < 1.29 is 9.53 Å². The Kier molecular flexibility index (Phi) is 8.27. The van der Waals surface area contributed by atoms with Gasteiger partial charge in [-0.25, -0.2) is 0 Å². The first-order chi connectivity index (χ1) is 12.9. The summed E-state index contributed by atoms with van der Waals surface area (Å²) in [5.74, 6) is 0. The lowest BCUT2D eigenvalue weighted by Crippen LogP contribution is -2.66. The summed E-state index contributed by atoms with van der Waals surface area (Å²) < 4.78 is 6.82. The monoisotopic (exact) mass is 384 g/mol. The van der Waals surface area contributed by atoms with Crippen LogP contribution in [0.4, 0.5) is 0 Å². The Bertz CT molecular complexity index is 610. The molecule has 1 atom stereocenters.